The van der Waals surface area contributed by atoms with Crippen LogP contribution in [0.3, 0.4) is 0 Å². The lowest BCUT2D eigenvalue weighted by Gasteiger charge is -2.32. The van der Waals surface area contributed by atoms with Gasteiger partial charge in [-0.25, -0.2) is 0 Å². The fourth-order valence-corrected chi connectivity index (χ4v) is 4.01. The average molecular weight is 323 g/mol. The van der Waals surface area contributed by atoms with Gasteiger partial charge in [-0.3, -0.25) is 14.6 Å². The normalized spacial score (nSPS) is 20.2. The highest BCUT2D eigenvalue weighted by atomic mass is 16.2. The number of amides is 2. The highest BCUT2D eigenvalue weighted by Crippen LogP contribution is 2.31. The summed E-state index contributed by atoms with van der Waals surface area (Å²) in [5, 5.41) is 0.921. The monoisotopic (exact) mass is 323 g/mol. The molecule has 24 heavy (non-hydrogen) atoms. The molecule has 1 aromatic heterocycles. The van der Waals surface area contributed by atoms with E-state index in [0.29, 0.717) is 13.1 Å². The van der Waals surface area contributed by atoms with E-state index in [9.17, 15) is 9.59 Å². The number of hydrogen-bond acceptors (Lipinski definition) is 3. The Labute approximate surface area is 140 Å². The van der Waals surface area contributed by atoms with Crippen LogP contribution >= 0.6 is 0 Å². The number of benzene rings is 1. The number of para-hydroxylation sites is 1. The SMILES string of the molecule is NC(=O)C1CCCN(C(=O)c2c3c(nc4ccccc24)CCC3)C1. The minimum Gasteiger partial charge on any atom is -0.369 e. The zero-order valence-corrected chi connectivity index (χ0v) is 13.6. The molecule has 1 unspecified atom stereocenters. The second-order valence-electron chi connectivity index (χ2n) is 6.78. The topological polar surface area (TPSA) is 76.3 Å². The fourth-order valence-electron chi connectivity index (χ4n) is 4.01. The van der Waals surface area contributed by atoms with Gasteiger partial charge >= 0.3 is 0 Å². The van der Waals surface area contributed by atoms with Crippen LogP contribution in [-0.2, 0) is 17.6 Å². The smallest absolute Gasteiger partial charge is 0.254 e. The summed E-state index contributed by atoms with van der Waals surface area (Å²) in [6, 6.07) is 7.84. The van der Waals surface area contributed by atoms with Gasteiger partial charge in [-0.15, -0.1) is 0 Å². The standard InChI is InChI=1S/C19H21N3O2/c20-18(23)12-5-4-10-22(11-12)19(24)17-13-6-1-2-8-15(13)21-16-9-3-7-14(16)17/h1-2,6,8,12H,3-5,7,9-11H2,(H2,20,23). The molecule has 2 N–H and O–H groups in total. The number of nitrogens with two attached hydrogens (primary N) is 1. The third kappa shape index (κ3) is 2.44. The number of pyridine rings is 1. The van der Waals surface area contributed by atoms with Crippen LogP contribution in [0, 0.1) is 5.92 Å². The number of primary amides is 1. The average Bonchev–Trinajstić information content (AvgIpc) is 3.07. The largest absolute Gasteiger partial charge is 0.369 e. The summed E-state index contributed by atoms with van der Waals surface area (Å²) < 4.78 is 0. The zero-order valence-electron chi connectivity index (χ0n) is 13.6. The number of fused-ring (bicyclic) bond motifs is 2. The van der Waals surface area contributed by atoms with Gasteiger partial charge in [-0.05, 0) is 43.7 Å². The second-order valence-corrected chi connectivity index (χ2v) is 6.78. The van der Waals surface area contributed by atoms with Gasteiger partial charge in [0.15, 0.2) is 0 Å². The lowest BCUT2D eigenvalue weighted by molar-refractivity contribution is -0.123. The van der Waals surface area contributed by atoms with Gasteiger partial charge < -0.3 is 10.6 Å². The summed E-state index contributed by atoms with van der Waals surface area (Å²) >= 11 is 0. The van der Waals surface area contributed by atoms with Gasteiger partial charge in [-0.2, -0.15) is 0 Å². The van der Waals surface area contributed by atoms with E-state index in [4.69, 9.17) is 10.7 Å². The number of carbonyl (C=O) groups excluding carboxylic acids is 2. The van der Waals surface area contributed by atoms with Crippen molar-refractivity contribution in [1.82, 2.24) is 9.88 Å². The minimum atomic E-state index is -0.308. The molecule has 0 bridgehead atoms. The molecule has 1 saturated heterocycles. The first-order chi connectivity index (χ1) is 11.6. The Bertz CT molecular complexity index is 831. The Morgan fingerprint density at radius 1 is 1.17 bits per heavy atom. The van der Waals surface area contributed by atoms with Crippen molar-refractivity contribution in [1.29, 1.82) is 0 Å². The van der Waals surface area contributed by atoms with Gasteiger partial charge in [0, 0.05) is 24.2 Å². The summed E-state index contributed by atoms with van der Waals surface area (Å²) in [5.41, 5.74) is 9.28. The van der Waals surface area contributed by atoms with Crippen molar-refractivity contribution < 1.29 is 9.59 Å². The molecule has 2 heterocycles. The maximum Gasteiger partial charge on any atom is 0.254 e. The fraction of sp³-hybridized carbons (Fsp3) is 0.421. The zero-order chi connectivity index (χ0) is 16.7. The summed E-state index contributed by atoms with van der Waals surface area (Å²) in [6.07, 6.45) is 4.48. The van der Waals surface area contributed by atoms with Crippen LogP contribution in [0.4, 0.5) is 0 Å². The molecule has 5 heteroatoms. The molecule has 1 aliphatic carbocycles. The van der Waals surface area contributed by atoms with Crippen molar-refractivity contribution in [2.24, 2.45) is 11.7 Å². The van der Waals surface area contributed by atoms with Crippen molar-refractivity contribution >= 4 is 22.7 Å². The number of aromatic nitrogens is 1. The van der Waals surface area contributed by atoms with Crippen LogP contribution < -0.4 is 5.73 Å². The number of aryl methyl sites for hydroxylation is 1. The Morgan fingerprint density at radius 2 is 2.00 bits per heavy atom. The Kier molecular flexibility index (Phi) is 3.71. The van der Waals surface area contributed by atoms with Gasteiger partial charge in [-0.1, -0.05) is 18.2 Å². The molecule has 0 saturated carbocycles. The molecule has 0 radical (unpaired) electrons. The number of likely N-dealkylation sites (tertiary alicyclic amines) is 1. The minimum absolute atomic E-state index is 0.0256. The molecule has 0 spiro atoms. The van der Waals surface area contributed by atoms with Crippen LogP contribution in [0.5, 0.6) is 0 Å². The summed E-state index contributed by atoms with van der Waals surface area (Å²) in [6.45, 7) is 1.12. The van der Waals surface area contributed by atoms with E-state index in [-0.39, 0.29) is 17.7 Å². The van der Waals surface area contributed by atoms with Gasteiger partial charge in [0.25, 0.3) is 5.91 Å². The van der Waals surface area contributed by atoms with E-state index in [2.05, 4.69) is 0 Å². The molecule has 2 aromatic rings. The molecule has 2 aliphatic rings. The van der Waals surface area contributed by atoms with Gasteiger partial charge in [0.05, 0.1) is 17.0 Å². The van der Waals surface area contributed by atoms with Crippen molar-refractivity contribution in [3.05, 3.63) is 41.1 Å². The van der Waals surface area contributed by atoms with E-state index in [0.717, 1.165) is 59.8 Å². The van der Waals surface area contributed by atoms with E-state index in [1.165, 1.54) is 0 Å². The number of carbonyl (C=O) groups is 2. The van der Waals surface area contributed by atoms with Crippen molar-refractivity contribution in [2.45, 2.75) is 32.1 Å². The molecule has 4 rings (SSSR count). The Balaban J connectivity index is 1.78. The van der Waals surface area contributed by atoms with Crippen LogP contribution in [-0.4, -0.2) is 34.8 Å². The molecule has 124 valence electrons. The lowest BCUT2D eigenvalue weighted by atomic mass is 9.95. The quantitative estimate of drug-likeness (QED) is 0.919. The van der Waals surface area contributed by atoms with E-state index >= 15 is 0 Å². The predicted octanol–water partition coefficient (Wildman–Crippen LogP) is 2.06. The van der Waals surface area contributed by atoms with Crippen molar-refractivity contribution in [3.63, 3.8) is 0 Å². The first-order valence-electron chi connectivity index (χ1n) is 8.64. The first kappa shape index (κ1) is 15.1. The number of rotatable bonds is 2. The van der Waals surface area contributed by atoms with Crippen molar-refractivity contribution in [3.8, 4) is 0 Å². The van der Waals surface area contributed by atoms with Crippen LogP contribution in [0.15, 0.2) is 24.3 Å². The van der Waals surface area contributed by atoms with Gasteiger partial charge in [0.1, 0.15) is 0 Å². The maximum absolute atomic E-state index is 13.3. The summed E-state index contributed by atoms with van der Waals surface area (Å²) in [5.74, 6) is -0.515. The Morgan fingerprint density at radius 3 is 2.83 bits per heavy atom. The highest BCUT2D eigenvalue weighted by molar-refractivity contribution is 6.08. The van der Waals surface area contributed by atoms with Crippen LogP contribution in [0.2, 0.25) is 0 Å². The molecule has 1 atom stereocenters. The van der Waals surface area contributed by atoms with Crippen molar-refractivity contribution in [2.75, 3.05) is 13.1 Å². The van der Waals surface area contributed by atoms with Crippen LogP contribution in [0.25, 0.3) is 10.9 Å². The van der Waals surface area contributed by atoms with E-state index in [1.54, 1.807) is 4.90 Å². The molecule has 1 aliphatic heterocycles. The molecule has 1 aromatic carbocycles. The molecular weight excluding hydrogens is 302 g/mol. The maximum atomic E-state index is 13.3. The molecule has 1 fully saturated rings. The number of nitrogens with zero attached hydrogens (tertiary/aromatic N) is 2. The third-order valence-electron chi connectivity index (χ3n) is 5.24. The third-order valence-corrected chi connectivity index (χ3v) is 5.24. The highest BCUT2D eigenvalue weighted by Gasteiger charge is 2.31. The van der Waals surface area contributed by atoms with Crippen LogP contribution in [0.1, 0.15) is 40.9 Å². The molecule has 2 amide bonds. The lowest BCUT2D eigenvalue weighted by Crippen LogP contribution is -2.44. The van der Waals surface area contributed by atoms with E-state index in [1.807, 2.05) is 24.3 Å². The first-order valence-corrected chi connectivity index (χ1v) is 8.64. The van der Waals surface area contributed by atoms with Gasteiger partial charge in [0.2, 0.25) is 5.91 Å². The number of piperidine rings is 1. The summed E-state index contributed by atoms with van der Waals surface area (Å²) in [7, 11) is 0. The molecule has 5 nitrogen and oxygen atoms in total. The molecular formula is C19H21N3O2. The summed E-state index contributed by atoms with van der Waals surface area (Å²) in [4.78, 5) is 31.4. The Hall–Kier alpha value is -2.43. The van der Waals surface area contributed by atoms with E-state index < -0.39 is 0 Å². The predicted molar refractivity (Wildman–Crippen MR) is 91.6 cm³/mol. The number of hydrogen-bond donors (Lipinski definition) is 1. The second kappa shape index (κ2) is 5.89.